The largest absolute Gasteiger partial charge is 0.444 e. The molecule has 0 aliphatic rings. The number of alkyl carbamates (subject to hydrolysis) is 1. The van der Waals surface area contributed by atoms with Crippen LogP contribution in [0.4, 0.5) is 10.5 Å². The van der Waals surface area contributed by atoms with Gasteiger partial charge in [-0.3, -0.25) is 9.59 Å². The molecular formula is C29H40ClN3O4. The number of ether oxygens (including phenoxy) is 1. The molecule has 0 aromatic heterocycles. The van der Waals surface area contributed by atoms with Gasteiger partial charge in [0.05, 0.1) is 10.7 Å². The van der Waals surface area contributed by atoms with E-state index in [1.54, 1.807) is 38.7 Å². The predicted molar refractivity (Wildman–Crippen MR) is 149 cm³/mol. The third kappa shape index (κ3) is 8.78. The summed E-state index contributed by atoms with van der Waals surface area (Å²) in [5, 5.41) is 6.00. The number of rotatable bonds is 9. The lowest BCUT2D eigenvalue weighted by atomic mass is 9.98. The summed E-state index contributed by atoms with van der Waals surface area (Å²) in [6, 6.07) is 9.38. The summed E-state index contributed by atoms with van der Waals surface area (Å²) in [4.78, 5) is 41.6. The average molecular weight is 530 g/mol. The molecule has 0 heterocycles. The van der Waals surface area contributed by atoms with Crippen molar-refractivity contribution in [3.05, 3.63) is 63.7 Å². The minimum atomic E-state index is -0.934. The zero-order valence-corrected chi connectivity index (χ0v) is 24.0. The summed E-state index contributed by atoms with van der Waals surface area (Å²) in [7, 11) is 0. The number of unbranched alkanes of at least 4 members (excludes halogenated alkanes) is 1. The average Bonchev–Trinajstić information content (AvgIpc) is 2.76. The van der Waals surface area contributed by atoms with E-state index >= 15 is 0 Å². The summed E-state index contributed by atoms with van der Waals surface area (Å²) in [6.07, 6.45) is 0.815. The summed E-state index contributed by atoms with van der Waals surface area (Å²) in [6.45, 7) is 15.0. The van der Waals surface area contributed by atoms with E-state index in [0.29, 0.717) is 29.2 Å². The Kier molecular flexibility index (Phi) is 10.6. The molecule has 202 valence electrons. The summed E-state index contributed by atoms with van der Waals surface area (Å²) < 4.78 is 5.33. The maximum Gasteiger partial charge on any atom is 0.408 e. The molecular weight excluding hydrogens is 490 g/mol. The number of para-hydroxylation sites is 1. The first-order chi connectivity index (χ1) is 17.2. The smallest absolute Gasteiger partial charge is 0.408 e. The highest BCUT2D eigenvalue weighted by molar-refractivity contribution is 6.34. The molecule has 0 aliphatic carbocycles. The quantitative estimate of drug-likeness (QED) is 0.389. The number of nitrogens with one attached hydrogen (secondary N) is 2. The van der Waals surface area contributed by atoms with Crippen molar-refractivity contribution in [1.82, 2.24) is 10.2 Å². The van der Waals surface area contributed by atoms with Crippen molar-refractivity contribution in [3.63, 3.8) is 0 Å². The molecule has 2 rings (SSSR count). The fourth-order valence-electron chi connectivity index (χ4n) is 4.11. The molecule has 0 bridgehead atoms. The highest BCUT2D eigenvalue weighted by Crippen LogP contribution is 2.30. The van der Waals surface area contributed by atoms with Crippen molar-refractivity contribution in [2.75, 3.05) is 11.9 Å². The lowest BCUT2D eigenvalue weighted by Gasteiger charge is -2.34. The van der Waals surface area contributed by atoms with Crippen molar-refractivity contribution in [2.24, 2.45) is 0 Å². The number of hydrogen-bond donors (Lipinski definition) is 2. The minimum Gasteiger partial charge on any atom is -0.444 e. The van der Waals surface area contributed by atoms with Gasteiger partial charge in [0.1, 0.15) is 17.7 Å². The molecule has 2 aromatic carbocycles. The molecule has 0 fully saturated rings. The maximum absolute atomic E-state index is 13.9. The van der Waals surface area contributed by atoms with Gasteiger partial charge in [0, 0.05) is 6.54 Å². The van der Waals surface area contributed by atoms with Gasteiger partial charge in [-0.05, 0) is 72.1 Å². The van der Waals surface area contributed by atoms with E-state index in [1.807, 2.05) is 58.0 Å². The molecule has 0 aliphatic heterocycles. The predicted octanol–water partition coefficient (Wildman–Crippen LogP) is 6.49. The molecule has 2 unspecified atom stereocenters. The molecule has 37 heavy (non-hydrogen) atoms. The lowest BCUT2D eigenvalue weighted by Crippen LogP contribution is -2.51. The SMILES string of the molecule is CCCCN(C(=O)C(C)NC(=O)OC(C)(C)C)C(C(=O)Nc1c(C)cccc1Cl)c1cc(C)cc(C)c1. The van der Waals surface area contributed by atoms with E-state index in [9.17, 15) is 14.4 Å². The molecule has 7 nitrogen and oxygen atoms in total. The Morgan fingerprint density at radius 3 is 2.22 bits per heavy atom. The Morgan fingerprint density at radius 1 is 1.05 bits per heavy atom. The van der Waals surface area contributed by atoms with Gasteiger partial charge in [-0.1, -0.05) is 66.4 Å². The van der Waals surface area contributed by atoms with Crippen LogP contribution in [0.3, 0.4) is 0 Å². The number of halogens is 1. The number of carbonyl (C=O) groups is 3. The number of carbonyl (C=O) groups excluding carboxylic acids is 3. The molecule has 2 aromatic rings. The number of hydrogen-bond acceptors (Lipinski definition) is 4. The van der Waals surface area contributed by atoms with Crippen LogP contribution in [0, 0.1) is 20.8 Å². The first kappa shape index (κ1) is 30.2. The third-order valence-electron chi connectivity index (χ3n) is 5.73. The zero-order valence-electron chi connectivity index (χ0n) is 23.2. The van der Waals surface area contributed by atoms with E-state index in [1.165, 1.54) is 0 Å². The highest BCUT2D eigenvalue weighted by atomic mass is 35.5. The van der Waals surface area contributed by atoms with Gasteiger partial charge >= 0.3 is 6.09 Å². The van der Waals surface area contributed by atoms with Crippen LogP contribution >= 0.6 is 11.6 Å². The molecule has 0 saturated heterocycles. The zero-order chi connectivity index (χ0) is 27.9. The van der Waals surface area contributed by atoms with Gasteiger partial charge in [-0.15, -0.1) is 0 Å². The molecule has 2 N–H and O–H groups in total. The standard InChI is InChI=1S/C29H40ClN3O4/c1-9-10-14-33(27(35)21(5)31-28(36)37-29(6,7)8)25(22-16-18(2)15-19(3)17-22)26(34)32-24-20(4)12-11-13-23(24)30/h11-13,15-17,21,25H,9-10,14H2,1-8H3,(H,31,36)(H,32,34). The van der Waals surface area contributed by atoms with Crippen LogP contribution in [0.25, 0.3) is 0 Å². The Balaban J connectivity index is 2.51. The van der Waals surface area contributed by atoms with Crippen molar-refractivity contribution in [1.29, 1.82) is 0 Å². The summed E-state index contributed by atoms with van der Waals surface area (Å²) >= 11 is 6.40. The minimum absolute atomic E-state index is 0.336. The maximum atomic E-state index is 13.9. The van der Waals surface area contributed by atoms with Crippen molar-refractivity contribution in [3.8, 4) is 0 Å². The van der Waals surface area contributed by atoms with Gasteiger partial charge in [0.15, 0.2) is 0 Å². The number of benzene rings is 2. The van der Waals surface area contributed by atoms with E-state index < -0.39 is 23.8 Å². The number of anilines is 1. The van der Waals surface area contributed by atoms with Gasteiger partial charge in [-0.2, -0.15) is 0 Å². The second-order valence-electron chi connectivity index (χ2n) is 10.5. The van der Waals surface area contributed by atoms with E-state index in [0.717, 1.165) is 23.1 Å². The highest BCUT2D eigenvalue weighted by Gasteiger charge is 2.35. The van der Waals surface area contributed by atoms with E-state index in [4.69, 9.17) is 16.3 Å². The first-order valence-corrected chi connectivity index (χ1v) is 13.1. The van der Waals surface area contributed by atoms with E-state index in [2.05, 4.69) is 10.6 Å². The summed E-state index contributed by atoms with van der Waals surface area (Å²) in [5.41, 5.74) is 3.25. The van der Waals surface area contributed by atoms with Crippen LogP contribution in [-0.2, 0) is 14.3 Å². The Bertz CT molecular complexity index is 1090. The number of aryl methyl sites for hydroxylation is 3. The van der Waals surface area contributed by atoms with Gasteiger partial charge in [0.25, 0.3) is 5.91 Å². The third-order valence-corrected chi connectivity index (χ3v) is 6.04. The van der Waals surface area contributed by atoms with Crippen molar-refractivity contribution in [2.45, 2.75) is 85.9 Å². The van der Waals surface area contributed by atoms with Gasteiger partial charge in [0.2, 0.25) is 5.91 Å². The fraction of sp³-hybridized carbons (Fsp3) is 0.483. The Hall–Kier alpha value is -3.06. The molecule has 0 radical (unpaired) electrons. The number of nitrogens with zero attached hydrogens (tertiary/aromatic N) is 1. The Labute approximate surface area is 225 Å². The molecule has 0 spiro atoms. The summed E-state index contributed by atoms with van der Waals surface area (Å²) in [5.74, 6) is -0.760. The second kappa shape index (κ2) is 13.0. The normalized spacial score (nSPS) is 12.9. The van der Waals surface area contributed by atoms with Crippen LogP contribution in [0.1, 0.15) is 75.8 Å². The molecule has 3 amide bonds. The van der Waals surface area contributed by atoms with Crippen LogP contribution < -0.4 is 10.6 Å². The van der Waals surface area contributed by atoms with E-state index in [-0.39, 0.29) is 11.8 Å². The van der Waals surface area contributed by atoms with Crippen molar-refractivity contribution < 1.29 is 19.1 Å². The fourth-order valence-corrected chi connectivity index (χ4v) is 4.38. The first-order valence-electron chi connectivity index (χ1n) is 12.7. The van der Waals surface area contributed by atoms with Gasteiger partial charge < -0.3 is 20.3 Å². The molecule has 8 heteroatoms. The Morgan fingerprint density at radius 2 is 1.68 bits per heavy atom. The lowest BCUT2D eigenvalue weighted by molar-refractivity contribution is -0.140. The monoisotopic (exact) mass is 529 g/mol. The van der Waals surface area contributed by atoms with Crippen LogP contribution in [0.5, 0.6) is 0 Å². The van der Waals surface area contributed by atoms with Gasteiger partial charge in [-0.25, -0.2) is 4.79 Å². The second-order valence-corrected chi connectivity index (χ2v) is 10.9. The van der Waals surface area contributed by atoms with Crippen LogP contribution in [0.2, 0.25) is 5.02 Å². The molecule has 2 atom stereocenters. The van der Waals surface area contributed by atoms with Crippen LogP contribution in [-0.4, -0.2) is 41.0 Å². The van der Waals surface area contributed by atoms with Crippen LogP contribution in [0.15, 0.2) is 36.4 Å². The topological polar surface area (TPSA) is 87.7 Å². The number of amides is 3. The molecule has 0 saturated carbocycles. The van der Waals surface area contributed by atoms with Crippen molar-refractivity contribution >= 4 is 35.2 Å².